The van der Waals surface area contributed by atoms with Gasteiger partial charge in [0.05, 0.1) is 11.1 Å². The number of carbonyl (C=O) groups is 2. The van der Waals surface area contributed by atoms with Crippen molar-refractivity contribution in [3.05, 3.63) is 72.1 Å². The Morgan fingerprint density at radius 2 is 1.74 bits per heavy atom. The maximum Gasteiger partial charge on any atom is 0.339 e. The van der Waals surface area contributed by atoms with Gasteiger partial charge >= 0.3 is 11.9 Å². The number of hydrogen-bond acceptors (Lipinski definition) is 5. The molecule has 0 unspecified atom stereocenters. The molecule has 0 spiro atoms. The number of thiophene rings is 1. The molecule has 0 radical (unpaired) electrons. The molecule has 23 heavy (non-hydrogen) atoms. The number of benzene rings is 1. The van der Waals surface area contributed by atoms with E-state index >= 15 is 0 Å². The maximum absolute atomic E-state index is 12.2. The average Bonchev–Trinajstić information content (AvgIpc) is 3.11. The Balaban J connectivity index is 2.39. The van der Waals surface area contributed by atoms with Crippen molar-refractivity contribution in [2.45, 2.75) is 0 Å². The third-order valence-electron chi connectivity index (χ3n) is 2.93. The molecule has 1 aromatic carbocycles. The predicted molar refractivity (Wildman–Crippen MR) is 90.7 cm³/mol. The van der Waals surface area contributed by atoms with E-state index < -0.39 is 11.9 Å². The Hall–Kier alpha value is -2.66. The van der Waals surface area contributed by atoms with Crippen LogP contribution in [0.25, 0.3) is 10.4 Å². The first-order chi connectivity index (χ1) is 11.2. The first-order valence-corrected chi connectivity index (χ1v) is 7.79. The second-order valence-electron chi connectivity index (χ2n) is 4.51. The van der Waals surface area contributed by atoms with Crippen molar-refractivity contribution in [2.24, 2.45) is 0 Å². The molecule has 2 aromatic rings. The van der Waals surface area contributed by atoms with Crippen LogP contribution < -0.4 is 0 Å². The molecule has 5 heteroatoms. The molecule has 0 aliphatic heterocycles. The Bertz CT molecular complexity index is 717. The lowest BCUT2D eigenvalue weighted by Gasteiger charge is -2.10. The van der Waals surface area contributed by atoms with Gasteiger partial charge in [-0.2, -0.15) is 0 Å². The fourth-order valence-electron chi connectivity index (χ4n) is 1.92. The molecule has 0 atom stereocenters. The summed E-state index contributed by atoms with van der Waals surface area (Å²) in [4.78, 5) is 25.0. The molecule has 0 saturated heterocycles. The van der Waals surface area contributed by atoms with Crippen molar-refractivity contribution in [1.82, 2.24) is 0 Å². The van der Waals surface area contributed by atoms with Gasteiger partial charge in [0, 0.05) is 10.4 Å². The highest BCUT2D eigenvalue weighted by Crippen LogP contribution is 2.30. The molecule has 0 fully saturated rings. The molecule has 0 saturated carbocycles. The summed E-state index contributed by atoms with van der Waals surface area (Å²) in [6, 6.07) is 8.52. The van der Waals surface area contributed by atoms with Gasteiger partial charge < -0.3 is 9.47 Å². The normalized spacial score (nSPS) is 9.91. The number of rotatable bonds is 7. The zero-order chi connectivity index (χ0) is 16.7. The highest BCUT2D eigenvalue weighted by molar-refractivity contribution is 7.13. The van der Waals surface area contributed by atoms with Crippen molar-refractivity contribution in [3.8, 4) is 10.4 Å². The predicted octanol–water partition coefficient (Wildman–Crippen LogP) is 4.10. The van der Waals surface area contributed by atoms with Crippen LogP contribution in [0.5, 0.6) is 0 Å². The van der Waals surface area contributed by atoms with Crippen molar-refractivity contribution < 1.29 is 19.1 Å². The Labute approximate surface area is 138 Å². The number of esters is 2. The maximum atomic E-state index is 12.2. The minimum absolute atomic E-state index is 0.131. The van der Waals surface area contributed by atoms with Crippen molar-refractivity contribution in [1.29, 1.82) is 0 Å². The highest BCUT2D eigenvalue weighted by atomic mass is 32.1. The summed E-state index contributed by atoms with van der Waals surface area (Å²) < 4.78 is 10.1. The molecule has 0 N–H and O–H groups in total. The Kier molecular flexibility index (Phi) is 5.88. The molecule has 0 aliphatic carbocycles. The molecule has 4 nitrogen and oxygen atoms in total. The van der Waals surface area contributed by atoms with E-state index in [0.717, 1.165) is 4.88 Å². The van der Waals surface area contributed by atoms with E-state index in [9.17, 15) is 9.59 Å². The molecule has 118 valence electrons. The number of hydrogen-bond donors (Lipinski definition) is 0. The molecular formula is C18H16O4S. The highest BCUT2D eigenvalue weighted by Gasteiger charge is 2.18. The van der Waals surface area contributed by atoms with Crippen LogP contribution in [0.3, 0.4) is 0 Å². The van der Waals surface area contributed by atoms with Crippen molar-refractivity contribution in [2.75, 3.05) is 13.2 Å². The lowest BCUT2D eigenvalue weighted by Crippen LogP contribution is -2.09. The monoisotopic (exact) mass is 328 g/mol. The lowest BCUT2D eigenvalue weighted by atomic mass is 10.0. The summed E-state index contributed by atoms with van der Waals surface area (Å²) in [5, 5.41) is 1.90. The van der Waals surface area contributed by atoms with Crippen LogP contribution in [0.2, 0.25) is 0 Å². The van der Waals surface area contributed by atoms with Gasteiger partial charge in [-0.3, -0.25) is 0 Å². The molecule has 0 aliphatic rings. The van der Waals surface area contributed by atoms with E-state index in [0.29, 0.717) is 16.7 Å². The van der Waals surface area contributed by atoms with Gasteiger partial charge in [0.2, 0.25) is 0 Å². The van der Waals surface area contributed by atoms with E-state index in [1.807, 2.05) is 17.5 Å². The van der Waals surface area contributed by atoms with Crippen LogP contribution in [0.15, 0.2) is 61.0 Å². The van der Waals surface area contributed by atoms with E-state index in [4.69, 9.17) is 9.47 Å². The SMILES string of the molecule is C=CCOC(=O)c1ccc(C(=O)OCC=C)c(-c2cccs2)c1. The quantitative estimate of drug-likeness (QED) is 0.567. The first kappa shape index (κ1) is 16.7. The van der Waals surface area contributed by atoms with Gasteiger partial charge in [-0.1, -0.05) is 31.4 Å². The van der Waals surface area contributed by atoms with Crippen LogP contribution in [-0.2, 0) is 9.47 Å². The van der Waals surface area contributed by atoms with E-state index in [1.54, 1.807) is 18.2 Å². The van der Waals surface area contributed by atoms with Gasteiger partial charge in [-0.05, 0) is 29.6 Å². The van der Waals surface area contributed by atoms with Crippen LogP contribution in [-0.4, -0.2) is 25.2 Å². The largest absolute Gasteiger partial charge is 0.458 e. The Morgan fingerprint density at radius 3 is 2.35 bits per heavy atom. The van der Waals surface area contributed by atoms with Crippen LogP contribution in [0, 0.1) is 0 Å². The van der Waals surface area contributed by atoms with Crippen LogP contribution >= 0.6 is 11.3 Å². The second-order valence-corrected chi connectivity index (χ2v) is 5.46. The summed E-state index contributed by atoms with van der Waals surface area (Å²) >= 11 is 1.47. The first-order valence-electron chi connectivity index (χ1n) is 6.91. The van der Waals surface area contributed by atoms with Gasteiger partial charge in [-0.15, -0.1) is 11.3 Å². The summed E-state index contributed by atoms with van der Waals surface area (Å²) in [5.74, 6) is -0.923. The zero-order valence-corrected chi connectivity index (χ0v) is 13.3. The standard InChI is InChI=1S/C18H16O4S/c1-3-9-21-17(19)13-7-8-14(18(20)22-10-4-2)15(12-13)16-6-5-11-23-16/h3-8,11-12H,1-2,9-10H2. The van der Waals surface area contributed by atoms with Crippen molar-refractivity contribution >= 4 is 23.3 Å². The van der Waals surface area contributed by atoms with Crippen LogP contribution in [0.1, 0.15) is 20.7 Å². The summed E-state index contributed by atoms with van der Waals surface area (Å²) in [5.41, 5.74) is 1.41. The molecule has 2 rings (SSSR count). The summed E-state index contributed by atoms with van der Waals surface area (Å²) in [7, 11) is 0. The van der Waals surface area contributed by atoms with E-state index in [1.165, 1.54) is 23.5 Å². The topological polar surface area (TPSA) is 52.6 Å². The van der Waals surface area contributed by atoms with Crippen molar-refractivity contribution in [3.63, 3.8) is 0 Å². The fourth-order valence-corrected chi connectivity index (χ4v) is 2.67. The molecule has 0 bridgehead atoms. The minimum atomic E-state index is -0.464. The van der Waals surface area contributed by atoms with Gasteiger partial charge in [0.15, 0.2) is 0 Å². The number of carbonyl (C=O) groups excluding carboxylic acids is 2. The third kappa shape index (κ3) is 4.17. The van der Waals surface area contributed by atoms with Gasteiger partial charge in [0.1, 0.15) is 13.2 Å². The molecular weight excluding hydrogens is 312 g/mol. The number of ether oxygens (including phenoxy) is 2. The smallest absolute Gasteiger partial charge is 0.339 e. The molecule has 1 aromatic heterocycles. The van der Waals surface area contributed by atoms with Gasteiger partial charge in [0.25, 0.3) is 0 Å². The fraction of sp³-hybridized carbons (Fsp3) is 0.111. The second kappa shape index (κ2) is 8.10. The van der Waals surface area contributed by atoms with Crippen LogP contribution in [0.4, 0.5) is 0 Å². The minimum Gasteiger partial charge on any atom is -0.458 e. The Morgan fingerprint density at radius 1 is 1.04 bits per heavy atom. The zero-order valence-electron chi connectivity index (χ0n) is 12.5. The lowest BCUT2D eigenvalue weighted by molar-refractivity contribution is 0.0536. The van der Waals surface area contributed by atoms with E-state index in [2.05, 4.69) is 13.2 Å². The van der Waals surface area contributed by atoms with E-state index in [-0.39, 0.29) is 13.2 Å². The summed E-state index contributed by atoms with van der Waals surface area (Å²) in [6.07, 6.45) is 3.00. The third-order valence-corrected chi connectivity index (χ3v) is 3.83. The average molecular weight is 328 g/mol. The molecule has 1 heterocycles. The molecule has 0 amide bonds. The van der Waals surface area contributed by atoms with Gasteiger partial charge in [-0.25, -0.2) is 9.59 Å². The summed E-state index contributed by atoms with van der Waals surface area (Å²) in [6.45, 7) is 7.29.